The van der Waals surface area contributed by atoms with Crippen molar-refractivity contribution < 1.29 is 14.7 Å². The highest BCUT2D eigenvalue weighted by molar-refractivity contribution is 5.79. The lowest BCUT2D eigenvalue weighted by atomic mass is 9.69. The molecule has 4 heteroatoms. The van der Waals surface area contributed by atoms with Gasteiger partial charge >= 0.3 is 5.97 Å². The van der Waals surface area contributed by atoms with Gasteiger partial charge in [-0.05, 0) is 51.4 Å². The van der Waals surface area contributed by atoms with Crippen LogP contribution in [0, 0.1) is 5.41 Å². The van der Waals surface area contributed by atoms with Crippen molar-refractivity contribution in [3.8, 4) is 0 Å². The van der Waals surface area contributed by atoms with E-state index in [2.05, 4.69) is 13.8 Å². The third-order valence-corrected chi connectivity index (χ3v) is 5.45. The van der Waals surface area contributed by atoms with Gasteiger partial charge < -0.3 is 10.0 Å². The first-order valence-corrected chi connectivity index (χ1v) is 8.46. The van der Waals surface area contributed by atoms with Gasteiger partial charge in [-0.2, -0.15) is 0 Å². The first-order valence-electron chi connectivity index (χ1n) is 8.46. The molecule has 1 N–H and O–H groups in total. The minimum atomic E-state index is -0.760. The van der Waals surface area contributed by atoms with E-state index in [1.807, 2.05) is 4.90 Å². The minimum Gasteiger partial charge on any atom is -0.481 e. The third-order valence-electron chi connectivity index (χ3n) is 5.45. The zero-order valence-electron chi connectivity index (χ0n) is 13.4. The molecule has 1 aliphatic carbocycles. The summed E-state index contributed by atoms with van der Waals surface area (Å²) in [5, 5.41) is 9.23. The Hall–Kier alpha value is -1.06. The number of rotatable bonds is 4. The quantitative estimate of drug-likeness (QED) is 0.862. The Morgan fingerprint density at radius 1 is 1.00 bits per heavy atom. The first-order chi connectivity index (χ1) is 9.93. The number of aliphatic carboxylic acids is 1. The van der Waals surface area contributed by atoms with Crippen LogP contribution in [-0.4, -0.2) is 34.0 Å². The molecule has 0 radical (unpaired) electrons. The van der Waals surface area contributed by atoms with Crippen molar-refractivity contribution in [1.82, 2.24) is 4.90 Å². The molecule has 1 heterocycles. The molecule has 0 aromatic rings. The van der Waals surface area contributed by atoms with Crippen LogP contribution in [0.15, 0.2) is 0 Å². The zero-order valence-corrected chi connectivity index (χ0v) is 13.4. The van der Waals surface area contributed by atoms with E-state index in [1.165, 1.54) is 12.8 Å². The van der Waals surface area contributed by atoms with Gasteiger partial charge in [0, 0.05) is 18.5 Å². The average Bonchev–Trinajstić information content (AvgIpc) is 2.38. The summed E-state index contributed by atoms with van der Waals surface area (Å²) < 4.78 is 0. The van der Waals surface area contributed by atoms with E-state index in [-0.39, 0.29) is 17.7 Å². The Kier molecular flexibility index (Phi) is 5.28. The minimum absolute atomic E-state index is 0.148. The molecule has 2 unspecified atom stereocenters. The van der Waals surface area contributed by atoms with E-state index in [4.69, 9.17) is 0 Å². The van der Waals surface area contributed by atoms with E-state index in [0.717, 1.165) is 38.5 Å². The molecule has 2 atom stereocenters. The fourth-order valence-electron chi connectivity index (χ4n) is 4.36. The van der Waals surface area contributed by atoms with Crippen molar-refractivity contribution in [2.24, 2.45) is 5.41 Å². The molecule has 1 saturated heterocycles. The molecule has 0 bridgehead atoms. The maximum absolute atomic E-state index is 12.8. The van der Waals surface area contributed by atoms with Gasteiger partial charge in [0.25, 0.3) is 0 Å². The van der Waals surface area contributed by atoms with Crippen molar-refractivity contribution in [3.05, 3.63) is 0 Å². The van der Waals surface area contributed by atoms with Gasteiger partial charge in [0.05, 0.1) is 6.42 Å². The Bertz CT molecular complexity index is 377. The standard InChI is InChI=1S/C17H29NO3/c1-13-7-6-8-14(2)18(13)15(19)11-17(12-16(20)21)9-4-3-5-10-17/h13-14H,3-12H2,1-2H3,(H,20,21). The van der Waals surface area contributed by atoms with Gasteiger partial charge in [0.2, 0.25) is 5.91 Å². The number of hydrogen-bond acceptors (Lipinski definition) is 2. The summed E-state index contributed by atoms with van der Waals surface area (Å²) in [4.78, 5) is 26.1. The van der Waals surface area contributed by atoms with Crippen LogP contribution in [0.3, 0.4) is 0 Å². The Morgan fingerprint density at radius 2 is 1.57 bits per heavy atom. The Labute approximate surface area is 127 Å². The number of piperidine rings is 1. The molecule has 1 aliphatic heterocycles. The zero-order chi connectivity index (χ0) is 15.5. The van der Waals surface area contributed by atoms with E-state index in [9.17, 15) is 14.7 Å². The number of carboxylic acid groups (broad SMARTS) is 1. The molecule has 120 valence electrons. The summed E-state index contributed by atoms with van der Waals surface area (Å²) in [6.07, 6.45) is 8.98. The largest absolute Gasteiger partial charge is 0.481 e. The van der Waals surface area contributed by atoms with Crippen LogP contribution in [0.5, 0.6) is 0 Å². The fraction of sp³-hybridized carbons (Fsp3) is 0.882. The molecule has 2 fully saturated rings. The SMILES string of the molecule is CC1CCCC(C)N1C(=O)CC1(CC(=O)O)CCCCC1. The van der Waals surface area contributed by atoms with E-state index >= 15 is 0 Å². The molecule has 2 rings (SSSR count). The molecular weight excluding hydrogens is 266 g/mol. The summed E-state index contributed by atoms with van der Waals surface area (Å²) in [5.74, 6) is -0.581. The molecular formula is C17H29NO3. The summed E-state index contributed by atoms with van der Waals surface area (Å²) in [5.41, 5.74) is -0.294. The van der Waals surface area contributed by atoms with E-state index in [1.54, 1.807) is 0 Å². The lowest BCUT2D eigenvalue weighted by molar-refractivity contribution is -0.144. The second kappa shape index (κ2) is 6.80. The number of hydrogen-bond donors (Lipinski definition) is 1. The number of amides is 1. The molecule has 2 aliphatic rings. The van der Waals surface area contributed by atoms with Gasteiger partial charge in [0.1, 0.15) is 0 Å². The molecule has 4 nitrogen and oxygen atoms in total. The number of carboxylic acids is 1. The van der Waals surface area contributed by atoms with Crippen LogP contribution in [0.1, 0.15) is 78.1 Å². The van der Waals surface area contributed by atoms with Crippen LogP contribution in [0.2, 0.25) is 0 Å². The summed E-state index contributed by atoms with van der Waals surface area (Å²) in [6.45, 7) is 4.25. The highest BCUT2D eigenvalue weighted by Gasteiger charge is 2.39. The highest BCUT2D eigenvalue weighted by atomic mass is 16.4. The smallest absolute Gasteiger partial charge is 0.303 e. The number of nitrogens with zero attached hydrogens (tertiary/aromatic N) is 1. The summed E-state index contributed by atoms with van der Waals surface area (Å²) >= 11 is 0. The molecule has 0 aromatic heterocycles. The monoisotopic (exact) mass is 295 g/mol. The second-order valence-electron chi connectivity index (χ2n) is 7.24. The lowest BCUT2D eigenvalue weighted by Gasteiger charge is -2.43. The van der Waals surface area contributed by atoms with E-state index < -0.39 is 5.97 Å². The summed E-state index contributed by atoms with van der Waals surface area (Å²) in [6, 6.07) is 0.596. The third kappa shape index (κ3) is 3.98. The normalized spacial score (nSPS) is 29.1. The van der Waals surface area contributed by atoms with Gasteiger partial charge in [-0.3, -0.25) is 9.59 Å². The predicted molar refractivity (Wildman–Crippen MR) is 82.0 cm³/mol. The molecule has 0 aromatic carbocycles. The van der Waals surface area contributed by atoms with Crippen LogP contribution < -0.4 is 0 Å². The van der Waals surface area contributed by atoms with Crippen LogP contribution >= 0.6 is 0 Å². The maximum atomic E-state index is 12.8. The van der Waals surface area contributed by atoms with Crippen LogP contribution in [0.25, 0.3) is 0 Å². The van der Waals surface area contributed by atoms with Crippen molar-refractivity contribution in [2.45, 2.75) is 90.1 Å². The van der Waals surface area contributed by atoms with Gasteiger partial charge in [0.15, 0.2) is 0 Å². The Balaban J connectivity index is 2.08. The average molecular weight is 295 g/mol. The van der Waals surface area contributed by atoms with Gasteiger partial charge in [-0.25, -0.2) is 0 Å². The van der Waals surface area contributed by atoms with Crippen molar-refractivity contribution in [3.63, 3.8) is 0 Å². The van der Waals surface area contributed by atoms with Crippen LogP contribution in [-0.2, 0) is 9.59 Å². The maximum Gasteiger partial charge on any atom is 0.303 e. The van der Waals surface area contributed by atoms with Crippen molar-refractivity contribution in [1.29, 1.82) is 0 Å². The number of likely N-dealkylation sites (tertiary alicyclic amines) is 1. The lowest BCUT2D eigenvalue weighted by Crippen LogP contribution is -2.49. The highest BCUT2D eigenvalue weighted by Crippen LogP contribution is 2.43. The van der Waals surface area contributed by atoms with Crippen molar-refractivity contribution >= 4 is 11.9 Å². The molecule has 21 heavy (non-hydrogen) atoms. The Morgan fingerprint density at radius 3 is 2.10 bits per heavy atom. The predicted octanol–water partition coefficient (Wildman–Crippen LogP) is 3.59. The van der Waals surface area contributed by atoms with Crippen LogP contribution in [0.4, 0.5) is 0 Å². The summed E-state index contributed by atoms with van der Waals surface area (Å²) in [7, 11) is 0. The number of carbonyl (C=O) groups is 2. The topological polar surface area (TPSA) is 57.6 Å². The molecule has 1 amide bonds. The molecule has 0 spiro atoms. The first kappa shape index (κ1) is 16.3. The van der Waals surface area contributed by atoms with Crippen molar-refractivity contribution in [2.75, 3.05) is 0 Å². The second-order valence-corrected chi connectivity index (χ2v) is 7.24. The number of carbonyl (C=O) groups excluding carboxylic acids is 1. The molecule has 1 saturated carbocycles. The van der Waals surface area contributed by atoms with Gasteiger partial charge in [-0.1, -0.05) is 19.3 Å². The fourth-order valence-corrected chi connectivity index (χ4v) is 4.36. The van der Waals surface area contributed by atoms with Gasteiger partial charge in [-0.15, -0.1) is 0 Å². The van der Waals surface area contributed by atoms with E-state index in [0.29, 0.717) is 18.5 Å².